The van der Waals surface area contributed by atoms with Gasteiger partial charge < -0.3 is 9.84 Å². The summed E-state index contributed by atoms with van der Waals surface area (Å²) in [7, 11) is 1.60. The summed E-state index contributed by atoms with van der Waals surface area (Å²) in [5.74, 6) is 0.689. The van der Waals surface area contributed by atoms with E-state index in [4.69, 9.17) is 4.74 Å². The maximum absolute atomic E-state index is 12.0. The van der Waals surface area contributed by atoms with Crippen molar-refractivity contribution in [3.05, 3.63) is 59.7 Å². The summed E-state index contributed by atoms with van der Waals surface area (Å²) in [6, 6.07) is 14.2. The molecule has 1 amide bonds. The molecule has 0 aliphatic carbocycles. The minimum absolute atomic E-state index is 0.150. The van der Waals surface area contributed by atoms with Gasteiger partial charge in [-0.1, -0.05) is 31.2 Å². The molecule has 23 heavy (non-hydrogen) atoms. The molecular weight excluding hydrogens is 292 g/mol. The standard InChI is InChI=1S/C18H20N2O3/c1-3-16(15-6-4-5-7-17(15)21)19-20-18(22)12-13-8-10-14(23-2)11-9-13/h4-11,21H,3,12H2,1-2H3,(H,20,22)/b19-16+. The van der Waals surface area contributed by atoms with Crippen molar-refractivity contribution in [3.8, 4) is 11.5 Å². The first-order valence-corrected chi connectivity index (χ1v) is 7.40. The van der Waals surface area contributed by atoms with E-state index in [1.165, 1.54) is 0 Å². The zero-order valence-corrected chi connectivity index (χ0v) is 13.2. The Morgan fingerprint density at radius 1 is 1.17 bits per heavy atom. The molecule has 2 aromatic rings. The molecule has 0 saturated heterocycles. The number of carbonyl (C=O) groups is 1. The summed E-state index contributed by atoms with van der Waals surface area (Å²) in [6.45, 7) is 1.92. The molecule has 0 atom stereocenters. The largest absolute Gasteiger partial charge is 0.507 e. The third kappa shape index (κ3) is 4.57. The number of phenolic OH excluding ortho intramolecular Hbond substituents is 1. The van der Waals surface area contributed by atoms with Crippen molar-refractivity contribution in [2.45, 2.75) is 19.8 Å². The van der Waals surface area contributed by atoms with E-state index in [2.05, 4.69) is 10.5 Å². The second kappa shape index (κ2) is 7.98. The van der Waals surface area contributed by atoms with Crippen LogP contribution in [0.25, 0.3) is 0 Å². The third-order valence-corrected chi connectivity index (χ3v) is 3.39. The van der Waals surface area contributed by atoms with Gasteiger partial charge in [0.25, 0.3) is 0 Å². The van der Waals surface area contributed by atoms with Gasteiger partial charge in [-0.15, -0.1) is 0 Å². The van der Waals surface area contributed by atoms with Crippen LogP contribution in [0.3, 0.4) is 0 Å². The number of hydrazone groups is 1. The van der Waals surface area contributed by atoms with Crippen LogP contribution in [0.1, 0.15) is 24.5 Å². The van der Waals surface area contributed by atoms with Crippen LogP contribution in [0, 0.1) is 0 Å². The monoisotopic (exact) mass is 312 g/mol. The normalized spacial score (nSPS) is 11.1. The van der Waals surface area contributed by atoms with E-state index in [1.54, 1.807) is 25.3 Å². The zero-order chi connectivity index (χ0) is 16.7. The second-order valence-corrected chi connectivity index (χ2v) is 4.99. The van der Waals surface area contributed by atoms with Gasteiger partial charge in [-0.2, -0.15) is 5.10 Å². The van der Waals surface area contributed by atoms with E-state index in [1.807, 2.05) is 37.3 Å². The highest BCUT2D eigenvalue weighted by Gasteiger charge is 2.08. The number of nitrogens with one attached hydrogen (secondary N) is 1. The average molecular weight is 312 g/mol. The molecule has 2 aromatic carbocycles. The SMILES string of the molecule is CC/C(=N\NC(=O)Cc1ccc(OC)cc1)c1ccccc1O. The van der Waals surface area contributed by atoms with Crippen LogP contribution in [-0.2, 0) is 11.2 Å². The van der Waals surface area contributed by atoms with E-state index in [0.717, 1.165) is 11.3 Å². The molecule has 0 unspecified atom stereocenters. The minimum atomic E-state index is -0.212. The van der Waals surface area contributed by atoms with Crippen LogP contribution >= 0.6 is 0 Å². The van der Waals surface area contributed by atoms with Crippen LogP contribution in [0.2, 0.25) is 0 Å². The maximum atomic E-state index is 12.0. The van der Waals surface area contributed by atoms with Gasteiger partial charge in [-0.05, 0) is 36.2 Å². The highest BCUT2D eigenvalue weighted by molar-refractivity contribution is 6.03. The molecule has 5 heteroatoms. The molecular formula is C18H20N2O3. The molecule has 0 aliphatic rings. The van der Waals surface area contributed by atoms with E-state index < -0.39 is 0 Å². The number of benzene rings is 2. The number of para-hydroxylation sites is 1. The molecule has 0 saturated carbocycles. The van der Waals surface area contributed by atoms with Gasteiger partial charge in [0.1, 0.15) is 11.5 Å². The van der Waals surface area contributed by atoms with Gasteiger partial charge in [0.2, 0.25) is 5.91 Å². The molecule has 0 radical (unpaired) electrons. The number of rotatable bonds is 6. The first-order valence-electron chi connectivity index (χ1n) is 7.40. The Morgan fingerprint density at radius 3 is 2.48 bits per heavy atom. The average Bonchev–Trinajstić information content (AvgIpc) is 2.57. The number of amides is 1. The Morgan fingerprint density at radius 2 is 1.87 bits per heavy atom. The fourth-order valence-electron chi connectivity index (χ4n) is 2.15. The summed E-state index contributed by atoms with van der Waals surface area (Å²) < 4.78 is 5.08. The van der Waals surface area contributed by atoms with Crippen molar-refractivity contribution < 1.29 is 14.6 Å². The molecule has 0 heterocycles. The number of phenols is 1. The van der Waals surface area contributed by atoms with E-state index in [0.29, 0.717) is 17.7 Å². The number of hydrogen-bond donors (Lipinski definition) is 2. The van der Waals surface area contributed by atoms with Gasteiger partial charge in [-0.25, -0.2) is 5.43 Å². The Hall–Kier alpha value is -2.82. The predicted octanol–water partition coefficient (Wildman–Crippen LogP) is 2.87. The fraction of sp³-hybridized carbons (Fsp3) is 0.222. The van der Waals surface area contributed by atoms with Crippen molar-refractivity contribution in [3.63, 3.8) is 0 Å². The lowest BCUT2D eigenvalue weighted by molar-refractivity contribution is -0.120. The quantitative estimate of drug-likeness (QED) is 0.636. The number of carbonyl (C=O) groups excluding carboxylic acids is 1. The smallest absolute Gasteiger partial charge is 0.244 e. The molecule has 5 nitrogen and oxygen atoms in total. The van der Waals surface area contributed by atoms with Crippen LogP contribution in [-0.4, -0.2) is 23.8 Å². The van der Waals surface area contributed by atoms with Crippen LogP contribution in [0.15, 0.2) is 53.6 Å². The Labute approximate surface area is 135 Å². The van der Waals surface area contributed by atoms with E-state index >= 15 is 0 Å². The predicted molar refractivity (Wildman–Crippen MR) is 89.8 cm³/mol. The van der Waals surface area contributed by atoms with E-state index in [9.17, 15) is 9.90 Å². The van der Waals surface area contributed by atoms with E-state index in [-0.39, 0.29) is 18.1 Å². The lowest BCUT2D eigenvalue weighted by atomic mass is 10.1. The highest BCUT2D eigenvalue weighted by Crippen LogP contribution is 2.18. The number of hydrogen-bond acceptors (Lipinski definition) is 4. The molecule has 0 spiro atoms. The lowest BCUT2D eigenvalue weighted by Crippen LogP contribution is -2.21. The molecule has 0 aromatic heterocycles. The fourth-order valence-corrected chi connectivity index (χ4v) is 2.15. The van der Waals surface area contributed by atoms with Crippen molar-refractivity contribution in [2.24, 2.45) is 5.10 Å². The topological polar surface area (TPSA) is 70.9 Å². The zero-order valence-electron chi connectivity index (χ0n) is 13.2. The molecule has 0 bridgehead atoms. The Bertz CT molecular complexity index is 694. The molecule has 2 N–H and O–H groups in total. The molecule has 0 aliphatic heterocycles. The van der Waals surface area contributed by atoms with Gasteiger partial charge in [0.05, 0.1) is 19.2 Å². The number of methoxy groups -OCH3 is 1. The van der Waals surface area contributed by atoms with Gasteiger partial charge in [-0.3, -0.25) is 4.79 Å². The lowest BCUT2D eigenvalue weighted by Gasteiger charge is -2.07. The van der Waals surface area contributed by atoms with Crippen LogP contribution in [0.5, 0.6) is 11.5 Å². The number of aromatic hydroxyl groups is 1. The summed E-state index contributed by atoms with van der Waals surface area (Å²) >= 11 is 0. The summed E-state index contributed by atoms with van der Waals surface area (Å²) in [6.07, 6.45) is 0.825. The number of ether oxygens (including phenoxy) is 1. The van der Waals surface area contributed by atoms with Crippen LogP contribution < -0.4 is 10.2 Å². The van der Waals surface area contributed by atoms with Crippen molar-refractivity contribution in [1.29, 1.82) is 0 Å². The molecule has 0 fully saturated rings. The summed E-state index contributed by atoms with van der Waals surface area (Å²) in [4.78, 5) is 12.0. The first kappa shape index (κ1) is 16.5. The minimum Gasteiger partial charge on any atom is -0.507 e. The summed E-state index contributed by atoms with van der Waals surface area (Å²) in [5, 5.41) is 14.0. The maximum Gasteiger partial charge on any atom is 0.244 e. The molecule has 2 rings (SSSR count). The van der Waals surface area contributed by atoms with Gasteiger partial charge in [0.15, 0.2) is 0 Å². The van der Waals surface area contributed by atoms with Crippen LogP contribution in [0.4, 0.5) is 0 Å². The Kier molecular flexibility index (Phi) is 5.74. The number of nitrogens with zero attached hydrogens (tertiary/aromatic N) is 1. The molecule has 120 valence electrons. The van der Waals surface area contributed by atoms with Crippen molar-refractivity contribution >= 4 is 11.6 Å². The highest BCUT2D eigenvalue weighted by atomic mass is 16.5. The van der Waals surface area contributed by atoms with Gasteiger partial charge in [0, 0.05) is 5.56 Å². The second-order valence-electron chi connectivity index (χ2n) is 4.99. The third-order valence-electron chi connectivity index (χ3n) is 3.39. The Balaban J connectivity index is 2.02. The summed E-state index contributed by atoms with van der Waals surface area (Å²) in [5.41, 5.74) is 4.67. The van der Waals surface area contributed by atoms with Crippen molar-refractivity contribution in [1.82, 2.24) is 5.43 Å². The van der Waals surface area contributed by atoms with Crippen molar-refractivity contribution in [2.75, 3.05) is 7.11 Å². The van der Waals surface area contributed by atoms with Gasteiger partial charge >= 0.3 is 0 Å². The first-order chi connectivity index (χ1) is 11.1.